The van der Waals surface area contributed by atoms with Crippen molar-refractivity contribution in [2.75, 3.05) is 0 Å². The number of H-pyrrole nitrogens is 1. The van der Waals surface area contributed by atoms with Crippen LogP contribution in [-0.4, -0.2) is 9.97 Å². The lowest BCUT2D eigenvalue weighted by Crippen LogP contribution is -1.97. The van der Waals surface area contributed by atoms with Crippen LogP contribution in [0.25, 0.3) is 11.3 Å². The van der Waals surface area contributed by atoms with Gasteiger partial charge in [0.1, 0.15) is 10.5 Å². The zero-order valence-corrected chi connectivity index (χ0v) is 12.6. The van der Waals surface area contributed by atoms with E-state index in [-0.39, 0.29) is 0 Å². The molecule has 19 heavy (non-hydrogen) atoms. The van der Waals surface area contributed by atoms with Crippen LogP contribution in [0.15, 0.2) is 30.3 Å². The minimum absolute atomic E-state index is 0.556. The van der Waals surface area contributed by atoms with E-state index in [1.54, 1.807) is 0 Å². The summed E-state index contributed by atoms with van der Waals surface area (Å²) in [4.78, 5) is 7.73. The minimum Gasteiger partial charge on any atom is -0.343 e. The largest absolute Gasteiger partial charge is 0.343 e. The molecule has 0 bridgehead atoms. The molecule has 0 aliphatic heterocycles. The van der Waals surface area contributed by atoms with Crippen LogP contribution < -0.4 is 0 Å². The fourth-order valence-electron chi connectivity index (χ4n) is 2.07. The summed E-state index contributed by atoms with van der Waals surface area (Å²) in [6.07, 6.45) is 2.00. The molecule has 0 fully saturated rings. The highest BCUT2D eigenvalue weighted by atomic mass is 32.1. The second-order valence-electron chi connectivity index (χ2n) is 5.11. The molecule has 0 saturated carbocycles. The van der Waals surface area contributed by atoms with Gasteiger partial charge in [-0.05, 0) is 29.5 Å². The van der Waals surface area contributed by atoms with Crippen LogP contribution in [0.1, 0.15) is 44.5 Å². The SMILES string of the molecule is CCCc1nc(=S)cc(-c2ccc(C(C)C)cc2)[nH]1. The van der Waals surface area contributed by atoms with E-state index in [1.807, 2.05) is 6.07 Å². The fourth-order valence-corrected chi connectivity index (χ4v) is 2.29. The average Bonchev–Trinajstić information content (AvgIpc) is 2.38. The molecule has 0 aliphatic carbocycles. The molecule has 0 saturated heterocycles. The second-order valence-corrected chi connectivity index (χ2v) is 5.52. The van der Waals surface area contributed by atoms with Gasteiger partial charge in [-0.2, -0.15) is 0 Å². The van der Waals surface area contributed by atoms with Crippen molar-refractivity contribution in [1.82, 2.24) is 9.97 Å². The number of benzene rings is 1. The first-order valence-corrected chi connectivity index (χ1v) is 7.21. The predicted molar refractivity (Wildman–Crippen MR) is 82.9 cm³/mol. The number of nitrogens with one attached hydrogen (secondary N) is 1. The summed E-state index contributed by atoms with van der Waals surface area (Å²) in [7, 11) is 0. The van der Waals surface area contributed by atoms with Crippen LogP contribution in [0.4, 0.5) is 0 Å². The van der Waals surface area contributed by atoms with Crippen molar-refractivity contribution in [3.05, 3.63) is 46.4 Å². The van der Waals surface area contributed by atoms with E-state index >= 15 is 0 Å². The monoisotopic (exact) mass is 272 g/mol. The van der Waals surface area contributed by atoms with E-state index in [0.717, 1.165) is 29.9 Å². The maximum absolute atomic E-state index is 5.24. The zero-order valence-electron chi connectivity index (χ0n) is 11.7. The van der Waals surface area contributed by atoms with Gasteiger partial charge in [-0.25, -0.2) is 4.98 Å². The molecule has 2 rings (SSSR count). The van der Waals surface area contributed by atoms with Crippen molar-refractivity contribution in [3.8, 4) is 11.3 Å². The molecule has 2 aromatic rings. The first-order valence-electron chi connectivity index (χ1n) is 6.80. The highest BCUT2D eigenvalue weighted by Crippen LogP contribution is 2.21. The van der Waals surface area contributed by atoms with Gasteiger partial charge in [0.15, 0.2) is 0 Å². The number of hydrogen-bond donors (Lipinski definition) is 1. The molecular weight excluding hydrogens is 252 g/mol. The molecule has 100 valence electrons. The Morgan fingerprint density at radius 3 is 2.47 bits per heavy atom. The second kappa shape index (κ2) is 6.11. The van der Waals surface area contributed by atoms with Crippen molar-refractivity contribution in [3.63, 3.8) is 0 Å². The fraction of sp³-hybridized carbons (Fsp3) is 0.375. The lowest BCUT2D eigenvalue weighted by molar-refractivity contribution is 0.833. The van der Waals surface area contributed by atoms with E-state index in [0.29, 0.717) is 10.6 Å². The lowest BCUT2D eigenvalue weighted by atomic mass is 10.0. The van der Waals surface area contributed by atoms with E-state index in [9.17, 15) is 0 Å². The molecule has 0 amide bonds. The summed E-state index contributed by atoms with van der Waals surface area (Å²) >= 11 is 5.24. The minimum atomic E-state index is 0.556. The van der Waals surface area contributed by atoms with Gasteiger partial charge in [0.05, 0.1) is 0 Å². The van der Waals surface area contributed by atoms with Crippen molar-refractivity contribution in [2.24, 2.45) is 0 Å². The maximum atomic E-state index is 5.24. The molecule has 0 spiro atoms. The van der Waals surface area contributed by atoms with E-state index in [4.69, 9.17) is 12.2 Å². The molecule has 1 aromatic carbocycles. The average molecular weight is 272 g/mol. The summed E-state index contributed by atoms with van der Waals surface area (Å²) in [5.74, 6) is 1.53. The third-order valence-electron chi connectivity index (χ3n) is 3.17. The van der Waals surface area contributed by atoms with Crippen molar-refractivity contribution in [2.45, 2.75) is 39.5 Å². The Hall–Kier alpha value is -1.48. The number of hydrogen-bond acceptors (Lipinski definition) is 2. The number of rotatable bonds is 4. The van der Waals surface area contributed by atoms with Gasteiger partial charge in [-0.3, -0.25) is 0 Å². The maximum Gasteiger partial charge on any atom is 0.130 e. The molecule has 0 radical (unpaired) electrons. The molecule has 1 N–H and O–H groups in total. The van der Waals surface area contributed by atoms with Gasteiger partial charge in [0.25, 0.3) is 0 Å². The molecule has 0 unspecified atom stereocenters. The highest BCUT2D eigenvalue weighted by molar-refractivity contribution is 7.71. The molecule has 3 heteroatoms. The van der Waals surface area contributed by atoms with E-state index < -0.39 is 0 Å². The Kier molecular flexibility index (Phi) is 4.48. The van der Waals surface area contributed by atoms with E-state index in [1.165, 1.54) is 5.56 Å². The first kappa shape index (κ1) is 13.9. The van der Waals surface area contributed by atoms with Gasteiger partial charge in [0.2, 0.25) is 0 Å². The number of nitrogens with zero attached hydrogens (tertiary/aromatic N) is 1. The van der Waals surface area contributed by atoms with Gasteiger partial charge in [0, 0.05) is 12.1 Å². The number of aromatic amines is 1. The van der Waals surface area contributed by atoms with Crippen LogP contribution >= 0.6 is 12.2 Å². The van der Waals surface area contributed by atoms with Crippen LogP contribution in [0, 0.1) is 4.64 Å². The molecule has 1 aromatic heterocycles. The van der Waals surface area contributed by atoms with Gasteiger partial charge >= 0.3 is 0 Å². The topological polar surface area (TPSA) is 28.7 Å². The summed E-state index contributed by atoms with van der Waals surface area (Å²) in [5, 5.41) is 0. The standard InChI is InChI=1S/C16H20N2S/c1-4-5-15-17-14(10-16(19)18-15)13-8-6-12(7-9-13)11(2)3/h6-11H,4-5H2,1-3H3,(H,17,18,19). The zero-order chi connectivity index (χ0) is 13.8. The summed E-state index contributed by atoms with van der Waals surface area (Å²) in [6.45, 7) is 6.55. The third kappa shape index (κ3) is 3.51. The van der Waals surface area contributed by atoms with Crippen molar-refractivity contribution in [1.29, 1.82) is 0 Å². The van der Waals surface area contributed by atoms with Crippen LogP contribution in [0.2, 0.25) is 0 Å². The molecular formula is C16H20N2S. The third-order valence-corrected chi connectivity index (χ3v) is 3.38. The highest BCUT2D eigenvalue weighted by Gasteiger charge is 2.03. The Bertz CT molecular complexity index is 597. The summed E-state index contributed by atoms with van der Waals surface area (Å²) in [6, 6.07) is 10.6. The molecule has 1 heterocycles. The Labute approximate surface area is 119 Å². The van der Waals surface area contributed by atoms with Gasteiger partial charge in [-0.15, -0.1) is 0 Å². The molecule has 0 atom stereocenters. The van der Waals surface area contributed by atoms with Crippen molar-refractivity contribution < 1.29 is 0 Å². The van der Waals surface area contributed by atoms with E-state index in [2.05, 4.69) is 55.0 Å². The lowest BCUT2D eigenvalue weighted by Gasteiger charge is -2.08. The first-order chi connectivity index (χ1) is 9.10. The molecule has 2 nitrogen and oxygen atoms in total. The number of aryl methyl sites for hydroxylation is 1. The Balaban J connectivity index is 2.38. The Morgan fingerprint density at radius 2 is 1.89 bits per heavy atom. The smallest absolute Gasteiger partial charge is 0.130 e. The number of aromatic nitrogens is 2. The predicted octanol–water partition coefficient (Wildman–Crippen LogP) is 4.88. The van der Waals surface area contributed by atoms with Crippen molar-refractivity contribution >= 4 is 12.2 Å². The van der Waals surface area contributed by atoms with Gasteiger partial charge in [-0.1, -0.05) is 57.3 Å². The van der Waals surface area contributed by atoms with Crippen LogP contribution in [0.5, 0.6) is 0 Å². The van der Waals surface area contributed by atoms with Gasteiger partial charge < -0.3 is 4.98 Å². The molecule has 0 aliphatic rings. The van der Waals surface area contributed by atoms with Crippen LogP contribution in [0.3, 0.4) is 0 Å². The summed E-state index contributed by atoms with van der Waals surface area (Å²) in [5.41, 5.74) is 3.57. The van der Waals surface area contributed by atoms with Crippen LogP contribution in [-0.2, 0) is 6.42 Å². The summed E-state index contributed by atoms with van der Waals surface area (Å²) < 4.78 is 0.658. The normalized spacial score (nSPS) is 10.9. The Morgan fingerprint density at radius 1 is 1.21 bits per heavy atom. The quantitative estimate of drug-likeness (QED) is 0.803.